The summed E-state index contributed by atoms with van der Waals surface area (Å²) < 4.78 is 34.5. The van der Waals surface area contributed by atoms with Crippen LogP contribution in [0, 0.1) is 11.3 Å². The summed E-state index contributed by atoms with van der Waals surface area (Å²) >= 11 is 0. The van der Waals surface area contributed by atoms with E-state index in [0.717, 1.165) is 17.7 Å². The highest BCUT2D eigenvalue weighted by Gasteiger charge is 2.75. The lowest BCUT2D eigenvalue weighted by Gasteiger charge is -2.28. The summed E-state index contributed by atoms with van der Waals surface area (Å²) in [6.45, 7) is 0.159. The van der Waals surface area contributed by atoms with Crippen LogP contribution >= 0.6 is 0 Å². The Bertz CT molecular complexity index is 1470. The molecular weight excluding hydrogens is 552 g/mol. The fourth-order valence-electron chi connectivity index (χ4n) is 6.26. The third-order valence-corrected chi connectivity index (χ3v) is 8.97. The average Bonchev–Trinajstić information content (AvgIpc) is 3.73. The van der Waals surface area contributed by atoms with Gasteiger partial charge in [-0.1, -0.05) is 6.07 Å². The van der Waals surface area contributed by atoms with Crippen molar-refractivity contribution in [3.05, 3.63) is 30.0 Å². The number of methoxy groups -OCH3 is 1. The number of benzene rings is 1. The highest BCUT2D eigenvalue weighted by Crippen LogP contribution is 2.66. The molecule has 4 N–H and O–H groups in total. The minimum atomic E-state index is -3.04. The number of hydrogen-bond acceptors (Lipinski definition) is 6. The molecule has 2 aromatic rings. The van der Waals surface area contributed by atoms with Gasteiger partial charge in [0.2, 0.25) is 17.6 Å². The molecule has 2 aliphatic heterocycles. The first-order valence-corrected chi connectivity index (χ1v) is 14.3. The molecule has 4 atom stereocenters. The molecule has 4 aliphatic rings. The largest absolute Gasteiger partial charge is 0.496 e. The number of aromatic nitrogens is 1. The number of nitrogens with one attached hydrogen (secondary N) is 4. The Morgan fingerprint density at radius 2 is 1.95 bits per heavy atom. The van der Waals surface area contributed by atoms with Crippen molar-refractivity contribution in [3.8, 4) is 5.75 Å². The molecule has 42 heavy (non-hydrogen) atoms. The molecule has 224 valence electrons. The minimum absolute atomic E-state index is 0.101. The van der Waals surface area contributed by atoms with Crippen LogP contribution in [0.5, 0.6) is 5.75 Å². The molecule has 0 radical (unpaired) electrons. The number of likely N-dealkylation sites (tertiary alicyclic amines) is 1. The van der Waals surface area contributed by atoms with Crippen LogP contribution < -0.4 is 20.7 Å². The van der Waals surface area contributed by atoms with Crippen LogP contribution in [-0.4, -0.2) is 83.5 Å². The van der Waals surface area contributed by atoms with E-state index in [-0.39, 0.29) is 37.0 Å². The quantitative estimate of drug-likeness (QED) is 0.329. The van der Waals surface area contributed by atoms with Gasteiger partial charge in [-0.25, -0.2) is 8.78 Å². The third kappa shape index (κ3) is 5.09. The van der Waals surface area contributed by atoms with E-state index in [0.29, 0.717) is 36.0 Å². The van der Waals surface area contributed by atoms with E-state index in [9.17, 15) is 32.8 Å². The van der Waals surface area contributed by atoms with Crippen molar-refractivity contribution in [1.82, 2.24) is 25.8 Å². The highest BCUT2D eigenvalue weighted by atomic mass is 19.3. The normalized spacial score (nSPS) is 26.9. The molecule has 2 saturated heterocycles. The minimum Gasteiger partial charge on any atom is -0.496 e. The maximum Gasteiger partial charge on any atom is 0.289 e. The van der Waals surface area contributed by atoms with Crippen LogP contribution in [0.15, 0.2) is 24.3 Å². The molecule has 2 aliphatic carbocycles. The van der Waals surface area contributed by atoms with Gasteiger partial charge in [0.05, 0.1) is 18.6 Å². The van der Waals surface area contributed by atoms with Crippen LogP contribution in [0.25, 0.3) is 10.9 Å². The lowest BCUT2D eigenvalue weighted by atomic mass is 9.89. The van der Waals surface area contributed by atoms with Gasteiger partial charge in [0.15, 0.2) is 0 Å². The average molecular weight is 586 g/mol. The molecule has 6 rings (SSSR count). The number of fused-ring (bicyclic) bond motifs is 1. The van der Waals surface area contributed by atoms with Gasteiger partial charge in [-0.15, -0.1) is 0 Å². The monoisotopic (exact) mass is 585 g/mol. The number of nitrogens with zero attached hydrogens (tertiary/aromatic N) is 1. The maximum absolute atomic E-state index is 14.6. The lowest BCUT2D eigenvalue weighted by molar-refractivity contribution is -0.141. The fraction of sp³-hybridized carbons (Fsp3) is 0.552. The molecule has 1 unspecified atom stereocenters. The smallest absolute Gasteiger partial charge is 0.289 e. The van der Waals surface area contributed by atoms with Gasteiger partial charge in [0, 0.05) is 42.4 Å². The van der Waals surface area contributed by atoms with Gasteiger partial charge in [-0.3, -0.25) is 24.0 Å². The van der Waals surface area contributed by atoms with Gasteiger partial charge in [0.25, 0.3) is 17.7 Å². The maximum atomic E-state index is 14.6. The van der Waals surface area contributed by atoms with Gasteiger partial charge < -0.3 is 30.6 Å². The van der Waals surface area contributed by atoms with Gasteiger partial charge in [0.1, 0.15) is 17.5 Å². The van der Waals surface area contributed by atoms with Crippen LogP contribution in [0.2, 0.25) is 0 Å². The third-order valence-electron chi connectivity index (χ3n) is 8.97. The zero-order valence-electron chi connectivity index (χ0n) is 23.1. The number of carbonyl (C=O) groups excluding carboxylic acids is 5. The van der Waals surface area contributed by atoms with Crippen LogP contribution in [0.1, 0.15) is 55.4 Å². The summed E-state index contributed by atoms with van der Waals surface area (Å²) in [5, 5.41) is 8.54. The first-order valence-electron chi connectivity index (χ1n) is 14.3. The number of H-pyrrole nitrogens is 1. The van der Waals surface area contributed by atoms with Crippen molar-refractivity contribution in [3.63, 3.8) is 0 Å². The second-order valence-corrected chi connectivity index (χ2v) is 12.0. The van der Waals surface area contributed by atoms with E-state index in [1.807, 2.05) is 0 Å². The number of halogens is 2. The van der Waals surface area contributed by atoms with Crippen LogP contribution in [0.4, 0.5) is 8.78 Å². The van der Waals surface area contributed by atoms with Crippen molar-refractivity contribution < 1.29 is 37.5 Å². The Balaban J connectivity index is 1.26. The molecule has 0 bridgehead atoms. The van der Waals surface area contributed by atoms with Gasteiger partial charge in [-0.2, -0.15) is 0 Å². The number of aromatic amines is 1. The topological polar surface area (TPSA) is 150 Å². The molecule has 2 saturated carbocycles. The van der Waals surface area contributed by atoms with Gasteiger partial charge >= 0.3 is 0 Å². The number of carbonyl (C=O) groups is 5. The molecule has 1 spiro atoms. The fourth-order valence-corrected chi connectivity index (χ4v) is 6.26. The summed E-state index contributed by atoms with van der Waals surface area (Å²) in [7, 11) is 1.49. The second-order valence-electron chi connectivity index (χ2n) is 12.0. The summed E-state index contributed by atoms with van der Waals surface area (Å²) in [5.41, 5.74) is -0.841. The van der Waals surface area contributed by atoms with Crippen molar-refractivity contribution in [1.29, 1.82) is 0 Å². The number of piperidine rings is 1. The molecule has 13 heteroatoms. The standard InChI is InChI=1S/C29H33F2N5O6/c1-42-22-6-2-5-18-17(22)11-20(34-18)27(41)36-14-28(13-29(28,30)31)12-21(36)25(39)35-19(10-15-4-3-9-32-24(15)38)23(37)26(40)33-16-7-8-16/h2,5-6,11,15-16,19,21,34H,3-4,7-10,12-14H2,1H3,(H,32,38)(H,33,40)(H,35,39)/t15-,19?,21-,28-/m0/s1. The van der Waals surface area contributed by atoms with Crippen LogP contribution in [0.3, 0.4) is 0 Å². The van der Waals surface area contributed by atoms with Crippen molar-refractivity contribution >= 4 is 40.3 Å². The van der Waals surface area contributed by atoms with E-state index in [1.54, 1.807) is 24.3 Å². The number of Topliss-reactive ketones (excluding diaryl/α,β-unsaturated/α-hetero) is 1. The number of hydrogen-bond donors (Lipinski definition) is 4. The van der Waals surface area contributed by atoms with E-state index in [4.69, 9.17) is 4.74 Å². The molecular formula is C29H33F2N5O6. The predicted octanol–water partition coefficient (Wildman–Crippen LogP) is 1.67. The zero-order valence-corrected chi connectivity index (χ0v) is 23.1. The first-order chi connectivity index (χ1) is 20.0. The molecule has 4 fully saturated rings. The van der Waals surface area contributed by atoms with E-state index >= 15 is 0 Å². The van der Waals surface area contributed by atoms with Crippen molar-refractivity contribution in [2.45, 2.75) is 69.0 Å². The number of ether oxygens (including phenoxy) is 1. The second kappa shape index (κ2) is 10.4. The first kappa shape index (κ1) is 28.1. The Labute approximate surface area is 240 Å². The summed E-state index contributed by atoms with van der Waals surface area (Å²) in [6, 6.07) is 3.99. The summed E-state index contributed by atoms with van der Waals surface area (Å²) in [6.07, 6.45) is 1.79. The zero-order chi connectivity index (χ0) is 29.8. The number of rotatable bonds is 9. The summed E-state index contributed by atoms with van der Waals surface area (Å²) in [4.78, 5) is 69.9. The SMILES string of the molecule is COc1cccc2[nH]c(C(=O)N3C[C@]4(C[C@H]3C(=O)NC(C[C@@H]3CCCNC3=O)C(=O)C(=O)NC3CC3)CC4(F)F)cc12. The lowest BCUT2D eigenvalue weighted by Crippen LogP contribution is -2.54. The van der Waals surface area contributed by atoms with Crippen molar-refractivity contribution in [2.24, 2.45) is 11.3 Å². The Morgan fingerprint density at radius 1 is 1.19 bits per heavy atom. The predicted molar refractivity (Wildman–Crippen MR) is 145 cm³/mol. The van der Waals surface area contributed by atoms with Crippen LogP contribution in [-0.2, 0) is 19.2 Å². The molecule has 11 nitrogen and oxygen atoms in total. The van der Waals surface area contributed by atoms with E-state index in [1.165, 1.54) is 7.11 Å². The number of ketones is 1. The number of amides is 4. The van der Waals surface area contributed by atoms with Gasteiger partial charge in [-0.05, 0) is 56.7 Å². The Hall–Kier alpha value is -4.03. The molecule has 1 aromatic carbocycles. The Kier molecular flexibility index (Phi) is 6.93. The van der Waals surface area contributed by atoms with E-state index < -0.39 is 59.3 Å². The molecule has 1 aromatic heterocycles. The Morgan fingerprint density at radius 3 is 2.62 bits per heavy atom. The van der Waals surface area contributed by atoms with E-state index in [2.05, 4.69) is 20.9 Å². The van der Waals surface area contributed by atoms with Crippen molar-refractivity contribution in [2.75, 3.05) is 20.2 Å². The molecule has 4 amide bonds. The number of alkyl halides is 2. The highest BCUT2D eigenvalue weighted by molar-refractivity contribution is 6.38. The summed E-state index contributed by atoms with van der Waals surface area (Å²) in [5.74, 6) is -6.64. The molecule has 3 heterocycles.